The van der Waals surface area contributed by atoms with Gasteiger partial charge in [0.05, 0.1) is 6.10 Å². The van der Waals surface area contributed by atoms with Crippen LogP contribution in [0.3, 0.4) is 0 Å². The van der Waals surface area contributed by atoms with E-state index in [0.717, 1.165) is 5.56 Å². The van der Waals surface area contributed by atoms with Crippen molar-refractivity contribution in [2.24, 2.45) is 0 Å². The van der Waals surface area contributed by atoms with Crippen molar-refractivity contribution in [3.8, 4) is 0 Å². The molecule has 1 aromatic carbocycles. The molecule has 2 nitrogen and oxygen atoms in total. The van der Waals surface area contributed by atoms with Gasteiger partial charge in [0.15, 0.2) is 5.78 Å². The number of hydrogen-bond acceptors (Lipinski definition) is 2. The van der Waals surface area contributed by atoms with E-state index < -0.39 is 0 Å². The number of Topliss-reactive ketones (excluding diaryl/α,β-unsaturated/α-hetero) is 1. The average molecular weight is 178 g/mol. The number of rotatable bonds is 4. The normalized spacial score (nSPS) is 12.5. The highest BCUT2D eigenvalue weighted by molar-refractivity contribution is 5.76. The Kier molecular flexibility index (Phi) is 3.65. The maximum atomic E-state index is 10.7. The van der Waals surface area contributed by atoms with Gasteiger partial charge in [-0.1, -0.05) is 30.3 Å². The Morgan fingerprint density at radius 3 is 2.54 bits per heavy atom. The van der Waals surface area contributed by atoms with Crippen LogP contribution in [0, 0.1) is 0 Å². The number of carbonyl (C=O) groups is 1. The number of benzene rings is 1. The summed E-state index contributed by atoms with van der Waals surface area (Å²) < 4.78 is 5.34. The van der Waals surface area contributed by atoms with E-state index in [4.69, 9.17) is 4.74 Å². The van der Waals surface area contributed by atoms with E-state index in [9.17, 15) is 4.79 Å². The lowest BCUT2D eigenvalue weighted by atomic mass is 10.1. The second kappa shape index (κ2) is 4.77. The van der Waals surface area contributed by atoms with Crippen LogP contribution in [-0.4, -0.2) is 12.4 Å². The molecule has 0 N–H and O–H groups in total. The summed E-state index contributed by atoms with van der Waals surface area (Å²) in [7, 11) is 0. The zero-order chi connectivity index (χ0) is 9.68. The number of ether oxygens (including phenoxy) is 1. The minimum atomic E-state index is -0.00917. The van der Waals surface area contributed by atoms with Crippen LogP contribution in [0.1, 0.15) is 25.5 Å². The van der Waals surface area contributed by atoms with E-state index in [-0.39, 0.29) is 18.5 Å². The first-order chi connectivity index (χ1) is 6.20. The summed E-state index contributed by atoms with van der Waals surface area (Å²) in [4.78, 5) is 10.7. The van der Waals surface area contributed by atoms with E-state index in [1.807, 2.05) is 37.3 Å². The van der Waals surface area contributed by atoms with Gasteiger partial charge in [0.1, 0.15) is 6.61 Å². The molecule has 1 aromatic rings. The van der Waals surface area contributed by atoms with Gasteiger partial charge < -0.3 is 4.74 Å². The quantitative estimate of drug-likeness (QED) is 0.707. The molecule has 0 amide bonds. The summed E-state index contributed by atoms with van der Waals surface area (Å²) in [6, 6.07) is 9.86. The first-order valence-electron chi connectivity index (χ1n) is 4.36. The summed E-state index contributed by atoms with van der Waals surface area (Å²) in [5.41, 5.74) is 1.10. The monoisotopic (exact) mass is 178 g/mol. The molecule has 0 heterocycles. The molecular weight excluding hydrogens is 164 g/mol. The van der Waals surface area contributed by atoms with Crippen LogP contribution in [0.25, 0.3) is 0 Å². The van der Waals surface area contributed by atoms with Crippen molar-refractivity contribution in [3.05, 3.63) is 35.9 Å². The van der Waals surface area contributed by atoms with Crippen molar-refractivity contribution in [1.29, 1.82) is 0 Å². The SMILES string of the molecule is CC(=O)COC(C)c1ccccc1. The Bertz CT molecular complexity index is 267. The molecule has 1 unspecified atom stereocenters. The van der Waals surface area contributed by atoms with Crippen molar-refractivity contribution in [1.82, 2.24) is 0 Å². The molecular formula is C11H14O2. The van der Waals surface area contributed by atoms with Crippen molar-refractivity contribution in [3.63, 3.8) is 0 Å². The average Bonchev–Trinajstić information content (AvgIpc) is 2.15. The Labute approximate surface area is 78.5 Å². The first kappa shape index (κ1) is 9.93. The highest BCUT2D eigenvalue weighted by atomic mass is 16.5. The van der Waals surface area contributed by atoms with E-state index in [2.05, 4.69) is 0 Å². The van der Waals surface area contributed by atoms with Crippen molar-refractivity contribution < 1.29 is 9.53 Å². The molecule has 1 rings (SSSR count). The van der Waals surface area contributed by atoms with Crippen molar-refractivity contribution in [2.75, 3.05) is 6.61 Å². The van der Waals surface area contributed by atoms with Crippen LogP contribution in [-0.2, 0) is 9.53 Å². The van der Waals surface area contributed by atoms with E-state index in [1.54, 1.807) is 0 Å². The fourth-order valence-corrected chi connectivity index (χ4v) is 1.06. The van der Waals surface area contributed by atoms with Crippen LogP contribution >= 0.6 is 0 Å². The highest BCUT2D eigenvalue weighted by Gasteiger charge is 2.05. The molecule has 0 aliphatic carbocycles. The zero-order valence-electron chi connectivity index (χ0n) is 7.99. The Balaban J connectivity index is 2.49. The highest BCUT2D eigenvalue weighted by Crippen LogP contribution is 2.15. The Morgan fingerprint density at radius 1 is 1.38 bits per heavy atom. The summed E-state index contributed by atoms with van der Waals surface area (Å²) in [5, 5.41) is 0. The molecule has 0 saturated heterocycles. The molecule has 13 heavy (non-hydrogen) atoms. The van der Waals surface area contributed by atoms with Gasteiger partial charge in [0, 0.05) is 0 Å². The summed E-state index contributed by atoms with van der Waals surface area (Å²) >= 11 is 0. The van der Waals surface area contributed by atoms with Crippen molar-refractivity contribution >= 4 is 5.78 Å². The van der Waals surface area contributed by atoms with E-state index >= 15 is 0 Å². The maximum Gasteiger partial charge on any atom is 0.155 e. The lowest BCUT2D eigenvalue weighted by Gasteiger charge is -2.11. The predicted molar refractivity (Wildman–Crippen MR) is 51.5 cm³/mol. The molecule has 0 aliphatic rings. The smallest absolute Gasteiger partial charge is 0.155 e. The third-order valence-electron chi connectivity index (χ3n) is 1.81. The van der Waals surface area contributed by atoms with Gasteiger partial charge in [-0.2, -0.15) is 0 Å². The molecule has 2 heteroatoms. The molecule has 0 radical (unpaired) electrons. The lowest BCUT2D eigenvalue weighted by molar-refractivity contribution is -0.123. The Hall–Kier alpha value is -1.15. The standard InChI is InChI=1S/C11H14O2/c1-9(12)8-13-10(2)11-6-4-3-5-7-11/h3-7,10H,8H2,1-2H3. The summed E-state index contributed by atoms with van der Waals surface area (Å²) in [6.07, 6.45) is -0.00917. The largest absolute Gasteiger partial charge is 0.366 e. The molecule has 0 aliphatic heterocycles. The minimum Gasteiger partial charge on any atom is -0.366 e. The fourth-order valence-electron chi connectivity index (χ4n) is 1.06. The summed E-state index contributed by atoms with van der Waals surface area (Å²) in [6.45, 7) is 3.66. The van der Waals surface area contributed by atoms with Gasteiger partial charge >= 0.3 is 0 Å². The van der Waals surface area contributed by atoms with E-state index in [1.165, 1.54) is 6.92 Å². The van der Waals surface area contributed by atoms with Gasteiger partial charge in [0.25, 0.3) is 0 Å². The minimum absolute atomic E-state index is 0.00917. The van der Waals surface area contributed by atoms with Crippen LogP contribution in [0.4, 0.5) is 0 Å². The van der Waals surface area contributed by atoms with Gasteiger partial charge in [-0.25, -0.2) is 0 Å². The number of ketones is 1. The van der Waals surface area contributed by atoms with Gasteiger partial charge in [-0.05, 0) is 19.4 Å². The van der Waals surface area contributed by atoms with Crippen LogP contribution in [0.2, 0.25) is 0 Å². The second-order valence-corrected chi connectivity index (χ2v) is 3.07. The predicted octanol–water partition coefficient (Wildman–Crippen LogP) is 2.35. The molecule has 0 bridgehead atoms. The Morgan fingerprint density at radius 2 is 2.00 bits per heavy atom. The molecule has 1 atom stereocenters. The number of carbonyl (C=O) groups excluding carboxylic acids is 1. The lowest BCUT2D eigenvalue weighted by Crippen LogP contribution is -2.07. The van der Waals surface area contributed by atoms with Crippen LogP contribution in [0.5, 0.6) is 0 Å². The second-order valence-electron chi connectivity index (χ2n) is 3.07. The molecule has 0 aromatic heterocycles. The molecule has 0 spiro atoms. The maximum absolute atomic E-state index is 10.7. The zero-order valence-corrected chi connectivity index (χ0v) is 7.99. The first-order valence-corrected chi connectivity index (χ1v) is 4.36. The van der Waals surface area contributed by atoms with E-state index in [0.29, 0.717) is 0 Å². The van der Waals surface area contributed by atoms with Crippen molar-refractivity contribution in [2.45, 2.75) is 20.0 Å². The third kappa shape index (κ3) is 3.38. The van der Waals surface area contributed by atoms with Gasteiger partial charge in [-0.3, -0.25) is 4.79 Å². The molecule has 0 saturated carbocycles. The van der Waals surface area contributed by atoms with Gasteiger partial charge in [-0.15, -0.1) is 0 Å². The van der Waals surface area contributed by atoms with Gasteiger partial charge in [0.2, 0.25) is 0 Å². The molecule has 70 valence electrons. The topological polar surface area (TPSA) is 26.3 Å². The van der Waals surface area contributed by atoms with Crippen LogP contribution < -0.4 is 0 Å². The number of hydrogen-bond donors (Lipinski definition) is 0. The van der Waals surface area contributed by atoms with Crippen LogP contribution in [0.15, 0.2) is 30.3 Å². The molecule has 0 fully saturated rings. The summed E-state index contributed by atoms with van der Waals surface area (Å²) in [5.74, 6) is 0.0581. The fraction of sp³-hybridized carbons (Fsp3) is 0.364. The third-order valence-corrected chi connectivity index (χ3v) is 1.81.